The van der Waals surface area contributed by atoms with Crippen molar-refractivity contribution in [3.05, 3.63) is 71.8 Å². The van der Waals surface area contributed by atoms with Crippen LogP contribution in [0.4, 0.5) is 4.79 Å². The van der Waals surface area contributed by atoms with Gasteiger partial charge in [-0.25, -0.2) is 4.79 Å². The standard InChI is InChI=1S/C16H13N2O3P/c1-17-15(20)18(22-21)14(19)16(17,12-8-4-2-5-9-12)13-10-6-3-7-11-13/h2-11H,1H3/p+1. The quantitative estimate of drug-likeness (QED) is 0.647. The Labute approximate surface area is 129 Å². The minimum absolute atomic E-state index is 0.495. The number of imide groups is 1. The minimum atomic E-state index is -1.28. The summed E-state index contributed by atoms with van der Waals surface area (Å²) in [6, 6.07) is 17.6. The second kappa shape index (κ2) is 5.35. The van der Waals surface area contributed by atoms with E-state index in [0.717, 1.165) is 4.67 Å². The first kappa shape index (κ1) is 14.4. The molecule has 5 nitrogen and oxygen atoms in total. The third-order valence-corrected chi connectivity index (χ3v) is 4.55. The molecule has 1 unspecified atom stereocenters. The van der Waals surface area contributed by atoms with Gasteiger partial charge in [0, 0.05) is 7.05 Å². The van der Waals surface area contributed by atoms with Gasteiger partial charge in [-0.2, -0.15) is 0 Å². The third kappa shape index (κ3) is 1.79. The molecule has 1 atom stereocenters. The summed E-state index contributed by atoms with van der Waals surface area (Å²) < 4.78 is 12.1. The molecule has 110 valence electrons. The Morgan fingerprint density at radius 3 is 1.68 bits per heavy atom. The molecule has 2 aromatic carbocycles. The predicted octanol–water partition coefficient (Wildman–Crippen LogP) is 2.76. The first-order valence-corrected chi connectivity index (χ1v) is 7.60. The third-order valence-electron chi connectivity index (χ3n) is 3.97. The zero-order valence-electron chi connectivity index (χ0n) is 11.9. The van der Waals surface area contributed by atoms with E-state index >= 15 is 0 Å². The van der Waals surface area contributed by atoms with Gasteiger partial charge in [0.1, 0.15) is 0 Å². The molecule has 1 saturated heterocycles. The molecule has 0 saturated carbocycles. The molecule has 1 heterocycles. The van der Waals surface area contributed by atoms with Crippen LogP contribution in [-0.4, -0.2) is 28.6 Å². The number of urea groups is 1. The van der Waals surface area contributed by atoms with Crippen LogP contribution in [0.15, 0.2) is 60.7 Å². The van der Waals surface area contributed by atoms with Crippen LogP contribution < -0.4 is 0 Å². The lowest BCUT2D eigenvalue weighted by Crippen LogP contribution is -2.45. The van der Waals surface area contributed by atoms with E-state index in [9.17, 15) is 14.2 Å². The van der Waals surface area contributed by atoms with Crippen LogP contribution in [0, 0.1) is 0 Å². The van der Waals surface area contributed by atoms with E-state index < -0.39 is 26.1 Å². The highest BCUT2D eigenvalue weighted by Crippen LogP contribution is 2.43. The summed E-state index contributed by atoms with van der Waals surface area (Å²) in [4.78, 5) is 26.6. The highest BCUT2D eigenvalue weighted by atomic mass is 31.1. The van der Waals surface area contributed by atoms with Crippen molar-refractivity contribution in [3.8, 4) is 0 Å². The Morgan fingerprint density at radius 1 is 0.864 bits per heavy atom. The molecule has 2 aromatic rings. The minimum Gasteiger partial charge on any atom is -0.302 e. The van der Waals surface area contributed by atoms with Gasteiger partial charge in [-0.3, -0.25) is 4.79 Å². The molecular formula is C16H14N2O3P+. The highest BCUT2D eigenvalue weighted by Gasteiger charge is 2.61. The van der Waals surface area contributed by atoms with Gasteiger partial charge in [-0.15, -0.1) is 0 Å². The Balaban J connectivity index is 2.32. The molecule has 0 aromatic heterocycles. The maximum atomic E-state index is 13.0. The Hall–Kier alpha value is -2.52. The van der Waals surface area contributed by atoms with Gasteiger partial charge in [0.2, 0.25) is 0 Å². The molecule has 0 N–H and O–H groups in total. The number of carbonyl (C=O) groups excluding carboxylic acids is 2. The number of hydrogen-bond donors (Lipinski definition) is 0. The maximum absolute atomic E-state index is 13.0. The normalized spacial score (nSPS) is 17.3. The van der Waals surface area contributed by atoms with Gasteiger partial charge in [-0.05, 0) is 20.4 Å². The zero-order chi connectivity index (χ0) is 15.7. The fraction of sp³-hybridized carbons (Fsp3) is 0.125. The van der Waals surface area contributed by atoms with Crippen LogP contribution in [0.1, 0.15) is 11.1 Å². The molecule has 0 bridgehead atoms. The first-order chi connectivity index (χ1) is 10.6. The summed E-state index contributed by atoms with van der Waals surface area (Å²) in [6.07, 6.45) is 0. The van der Waals surface area contributed by atoms with Crippen LogP contribution in [0.3, 0.4) is 0 Å². The number of benzene rings is 2. The number of hydrogen-bond acceptors (Lipinski definition) is 3. The predicted molar refractivity (Wildman–Crippen MR) is 82.7 cm³/mol. The van der Waals surface area contributed by atoms with Gasteiger partial charge in [-0.1, -0.05) is 60.7 Å². The van der Waals surface area contributed by atoms with Gasteiger partial charge in [0.15, 0.2) is 5.54 Å². The number of carbonyl (C=O) groups is 2. The summed E-state index contributed by atoms with van der Waals surface area (Å²) in [5.74, 6) is -0.495. The van der Waals surface area contributed by atoms with Crippen LogP contribution in [-0.2, 0) is 14.9 Å². The summed E-state index contributed by atoms with van der Waals surface area (Å²) in [5, 5.41) is 0. The van der Waals surface area contributed by atoms with E-state index in [1.807, 2.05) is 36.4 Å². The molecule has 0 spiro atoms. The second-order valence-corrected chi connectivity index (χ2v) is 5.65. The molecule has 3 rings (SSSR count). The van der Waals surface area contributed by atoms with Gasteiger partial charge in [0.25, 0.3) is 0 Å². The fourth-order valence-corrected chi connectivity index (χ4v) is 3.40. The monoisotopic (exact) mass is 313 g/mol. The topological polar surface area (TPSA) is 57.7 Å². The van der Waals surface area contributed by atoms with Crippen LogP contribution in [0.25, 0.3) is 0 Å². The molecule has 22 heavy (non-hydrogen) atoms. The smallest absolute Gasteiger partial charge is 0.302 e. The van der Waals surface area contributed by atoms with E-state index in [2.05, 4.69) is 0 Å². The lowest BCUT2D eigenvalue weighted by molar-refractivity contribution is -0.128. The lowest BCUT2D eigenvalue weighted by atomic mass is 9.82. The summed E-state index contributed by atoms with van der Waals surface area (Å²) in [7, 11) is 0.413. The number of likely N-dealkylation sites (N-methyl/N-ethyl adjacent to an activating group) is 1. The van der Waals surface area contributed by atoms with Crippen molar-refractivity contribution < 1.29 is 14.2 Å². The Kier molecular flexibility index (Phi) is 3.51. The van der Waals surface area contributed by atoms with Crippen molar-refractivity contribution in [2.45, 2.75) is 5.54 Å². The largest absolute Gasteiger partial charge is 0.460 e. The summed E-state index contributed by atoms with van der Waals surface area (Å²) in [6.45, 7) is 0. The van der Waals surface area contributed by atoms with Gasteiger partial charge in [0.05, 0.1) is 0 Å². The van der Waals surface area contributed by atoms with E-state index in [1.165, 1.54) is 4.90 Å². The molecular weight excluding hydrogens is 299 g/mol. The number of amides is 3. The van der Waals surface area contributed by atoms with E-state index in [1.54, 1.807) is 31.3 Å². The van der Waals surface area contributed by atoms with E-state index in [0.29, 0.717) is 11.1 Å². The summed E-state index contributed by atoms with van der Waals surface area (Å²) >= 11 is 0. The molecule has 6 heteroatoms. The molecule has 1 aliphatic rings. The number of rotatable bonds is 3. The number of nitrogens with zero attached hydrogens (tertiary/aromatic N) is 2. The first-order valence-electron chi connectivity index (χ1n) is 6.75. The van der Waals surface area contributed by atoms with Gasteiger partial charge >= 0.3 is 20.5 Å². The molecule has 1 aliphatic heterocycles. The van der Waals surface area contributed by atoms with Crippen LogP contribution >= 0.6 is 8.61 Å². The average Bonchev–Trinajstić information content (AvgIpc) is 2.76. The van der Waals surface area contributed by atoms with E-state index in [4.69, 9.17) is 0 Å². The Morgan fingerprint density at radius 2 is 1.32 bits per heavy atom. The fourth-order valence-electron chi connectivity index (χ4n) is 2.93. The van der Waals surface area contributed by atoms with Crippen molar-refractivity contribution in [1.82, 2.24) is 9.57 Å². The van der Waals surface area contributed by atoms with Crippen molar-refractivity contribution >= 4 is 20.5 Å². The van der Waals surface area contributed by atoms with Crippen LogP contribution in [0.2, 0.25) is 0 Å². The van der Waals surface area contributed by atoms with Gasteiger partial charge < -0.3 is 4.90 Å². The van der Waals surface area contributed by atoms with E-state index in [-0.39, 0.29) is 0 Å². The highest BCUT2D eigenvalue weighted by molar-refractivity contribution is 7.23. The van der Waals surface area contributed by atoms with Crippen molar-refractivity contribution in [1.29, 1.82) is 0 Å². The Bertz CT molecular complexity index is 694. The van der Waals surface area contributed by atoms with Crippen molar-refractivity contribution in [3.63, 3.8) is 0 Å². The van der Waals surface area contributed by atoms with Crippen molar-refractivity contribution in [2.75, 3.05) is 7.05 Å². The van der Waals surface area contributed by atoms with Crippen LogP contribution in [0.5, 0.6) is 0 Å². The average molecular weight is 313 g/mol. The second-order valence-electron chi connectivity index (χ2n) is 5.02. The molecule has 0 radical (unpaired) electrons. The SMILES string of the molecule is CN1C(=O)N([PH+]=O)C(=O)C1(c1ccccc1)c1ccccc1. The van der Waals surface area contributed by atoms with Crippen molar-refractivity contribution in [2.24, 2.45) is 0 Å². The molecule has 3 amide bonds. The zero-order valence-corrected chi connectivity index (χ0v) is 12.9. The molecule has 1 fully saturated rings. The molecule has 0 aliphatic carbocycles. The summed E-state index contributed by atoms with van der Waals surface area (Å²) in [5.41, 5.74) is 0.0578. The maximum Gasteiger partial charge on any atom is 0.460 e. The lowest BCUT2D eigenvalue weighted by Gasteiger charge is -2.33.